The third kappa shape index (κ3) is 4.64. The smallest absolute Gasteiger partial charge is 0.308 e. The Morgan fingerprint density at radius 3 is 2.48 bits per heavy atom. The van der Waals surface area contributed by atoms with Gasteiger partial charge in [0.05, 0.1) is 12.5 Å². The molecule has 0 aliphatic carbocycles. The van der Waals surface area contributed by atoms with Crippen LogP contribution in [0, 0.1) is 11.7 Å². The Balaban J connectivity index is 1.53. The Bertz CT molecular complexity index is 796. The summed E-state index contributed by atoms with van der Waals surface area (Å²) in [6.45, 7) is 0.834. The van der Waals surface area contributed by atoms with Gasteiger partial charge in [-0.1, -0.05) is 42.5 Å². The van der Waals surface area contributed by atoms with E-state index in [1.54, 1.807) is 23.1 Å². The molecule has 1 aliphatic rings. The molecule has 0 aromatic heterocycles. The number of benzene rings is 2. The number of carbonyl (C=O) groups is 2. The molecule has 1 fully saturated rings. The molecule has 6 heteroatoms. The molecule has 2 aromatic carbocycles. The zero-order valence-electron chi connectivity index (χ0n) is 14.9. The molecule has 1 saturated heterocycles. The van der Waals surface area contributed by atoms with Gasteiger partial charge in [0.2, 0.25) is 5.91 Å². The summed E-state index contributed by atoms with van der Waals surface area (Å²) in [4.78, 5) is 25.7. The highest BCUT2D eigenvalue weighted by Gasteiger charge is 2.40. The van der Waals surface area contributed by atoms with E-state index in [9.17, 15) is 19.1 Å². The van der Waals surface area contributed by atoms with Crippen molar-refractivity contribution in [3.8, 4) is 5.75 Å². The van der Waals surface area contributed by atoms with Gasteiger partial charge in [-0.25, -0.2) is 4.39 Å². The van der Waals surface area contributed by atoms with E-state index < -0.39 is 17.7 Å². The first-order valence-electron chi connectivity index (χ1n) is 8.99. The molecule has 0 saturated carbocycles. The number of halogens is 1. The zero-order chi connectivity index (χ0) is 19.2. The highest BCUT2D eigenvalue weighted by atomic mass is 19.1. The predicted molar refractivity (Wildman–Crippen MR) is 98.0 cm³/mol. The summed E-state index contributed by atoms with van der Waals surface area (Å²) in [6, 6.07) is 15.6. The van der Waals surface area contributed by atoms with E-state index in [0.717, 1.165) is 5.56 Å². The van der Waals surface area contributed by atoms with Gasteiger partial charge in [-0.3, -0.25) is 9.59 Å². The lowest BCUT2D eigenvalue weighted by molar-refractivity contribution is -0.141. The fraction of sp³-hybridized carbons (Fsp3) is 0.333. The predicted octanol–water partition coefficient (Wildman–Crippen LogP) is 3.31. The zero-order valence-corrected chi connectivity index (χ0v) is 14.9. The Morgan fingerprint density at radius 2 is 1.78 bits per heavy atom. The van der Waals surface area contributed by atoms with Crippen LogP contribution >= 0.6 is 0 Å². The van der Waals surface area contributed by atoms with E-state index in [1.165, 1.54) is 6.07 Å². The first-order valence-corrected chi connectivity index (χ1v) is 8.99. The first kappa shape index (κ1) is 18.9. The quantitative estimate of drug-likeness (QED) is 0.759. The van der Waals surface area contributed by atoms with Crippen LogP contribution in [-0.2, 0) is 9.59 Å². The minimum absolute atomic E-state index is 0.100. The standard InChI is InChI=1S/C21H22FNO4/c22-18-9-4-5-10-19(18)27-12-6-11-20(24)23-13-16(17(14-23)21(25)26)15-7-2-1-3-8-15/h1-5,7-10,16-17H,6,11-14H2,(H,25,26). The molecule has 1 heterocycles. The lowest BCUT2D eigenvalue weighted by Crippen LogP contribution is -2.30. The van der Waals surface area contributed by atoms with E-state index in [1.807, 2.05) is 30.3 Å². The number of para-hydroxylation sites is 1. The molecule has 2 atom stereocenters. The molecule has 1 aliphatic heterocycles. The summed E-state index contributed by atoms with van der Waals surface area (Å²) in [7, 11) is 0. The van der Waals surface area contributed by atoms with Gasteiger partial charge < -0.3 is 14.7 Å². The molecule has 2 unspecified atom stereocenters. The van der Waals surface area contributed by atoms with Crippen LogP contribution in [0.25, 0.3) is 0 Å². The molecule has 3 rings (SSSR count). The third-order valence-electron chi connectivity index (χ3n) is 4.85. The van der Waals surface area contributed by atoms with Crippen LogP contribution in [0.1, 0.15) is 24.3 Å². The number of carboxylic acids is 1. The molecule has 5 nitrogen and oxygen atoms in total. The van der Waals surface area contributed by atoms with Crippen molar-refractivity contribution in [2.75, 3.05) is 19.7 Å². The van der Waals surface area contributed by atoms with Gasteiger partial charge in [-0.15, -0.1) is 0 Å². The normalized spacial score (nSPS) is 19.1. The van der Waals surface area contributed by atoms with E-state index in [0.29, 0.717) is 13.0 Å². The highest BCUT2D eigenvalue weighted by Crippen LogP contribution is 2.33. The summed E-state index contributed by atoms with van der Waals surface area (Å²) in [5.41, 5.74) is 0.933. The number of hydrogen-bond acceptors (Lipinski definition) is 3. The molecule has 2 aromatic rings. The summed E-state index contributed by atoms with van der Waals surface area (Å²) in [6.07, 6.45) is 0.680. The molecule has 0 spiro atoms. The number of rotatable bonds is 7. The summed E-state index contributed by atoms with van der Waals surface area (Å²) < 4.78 is 18.8. The summed E-state index contributed by atoms with van der Waals surface area (Å²) in [5.74, 6) is -2.06. The Kier molecular flexibility index (Phi) is 6.06. The van der Waals surface area contributed by atoms with Crippen molar-refractivity contribution >= 4 is 11.9 Å². The number of amides is 1. The molecule has 27 heavy (non-hydrogen) atoms. The maximum Gasteiger partial charge on any atom is 0.308 e. The van der Waals surface area contributed by atoms with Gasteiger partial charge in [-0.2, -0.15) is 0 Å². The monoisotopic (exact) mass is 371 g/mol. The number of ether oxygens (including phenoxy) is 1. The number of aliphatic carboxylic acids is 1. The summed E-state index contributed by atoms with van der Waals surface area (Å²) >= 11 is 0. The number of carbonyl (C=O) groups excluding carboxylic acids is 1. The van der Waals surface area contributed by atoms with Crippen molar-refractivity contribution in [2.24, 2.45) is 5.92 Å². The van der Waals surface area contributed by atoms with Crippen LogP contribution < -0.4 is 4.74 Å². The van der Waals surface area contributed by atoms with Gasteiger partial charge >= 0.3 is 5.97 Å². The number of carboxylic acid groups (broad SMARTS) is 1. The van der Waals surface area contributed by atoms with Crippen molar-refractivity contribution in [2.45, 2.75) is 18.8 Å². The van der Waals surface area contributed by atoms with E-state index >= 15 is 0 Å². The van der Waals surface area contributed by atoms with Gasteiger partial charge in [0, 0.05) is 25.4 Å². The third-order valence-corrected chi connectivity index (χ3v) is 4.85. The largest absolute Gasteiger partial charge is 0.491 e. The maximum absolute atomic E-state index is 13.5. The molecular formula is C21H22FNO4. The number of nitrogens with zero attached hydrogens (tertiary/aromatic N) is 1. The van der Waals surface area contributed by atoms with Crippen LogP contribution in [0.4, 0.5) is 4.39 Å². The van der Waals surface area contributed by atoms with Gasteiger partial charge in [0.15, 0.2) is 11.6 Å². The fourth-order valence-corrected chi connectivity index (χ4v) is 3.42. The lowest BCUT2D eigenvalue weighted by Gasteiger charge is -2.16. The van der Waals surface area contributed by atoms with Crippen molar-refractivity contribution in [1.82, 2.24) is 4.90 Å². The Labute approximate surface area is 157 Å². The van der Waals surface area contributed by atoms with Crippen LogP contribution in [0.2, 0.25) is 0 Å². The van der Waals surface area contributed by atoms with Crippen LogP contribution in [0.3, 0.4) is 0 Å². The van der Waals surface area contributed by atoms with Crippen molar-refractivity contribution < 1.29 is 23.8 Å². The maximum atomic E-state index is 13.5. The molecular weight excluding hydrogens is 349 g/mol. The van der Waals surface area contributed by atoms with Crippen molar-refractivity contribution in [3.63, 3.8) is 0 Å². The SMILES string of the molecule is O=C(O)C1CN(C(=O)CCCOc2ccccc2F)CC1c1ccccc1. The Morgan fingerprint density at radius 1 is 1.07 bits per heavy atom. The molecule has 1 amide bonds. The number of likely N-dealkylation sites (tertiary alicyclic amines) is 1. The number of hydrogen-bond donors (Lipinski definition) is 1. The van der Waals surface area contributed by atoms with E-state index in [4.69, 9.17) is 4.74 Å². The minimum Gasteiger partial charge on any atom is -0.491 e. The second-order valence-corrected chi connectivity index (χ2v) is 6.64. The van der Waals surface area contributed by atoms with Crippen LogP contribution in [-0.4, -0.2) is 41.6 Å². The average molecular weight is 371 g/mol. The minimum atomic E-state index is -0.887. The van der Waals surface area contributed by atoms with Gasteiger partial charge in [0.25, 0.3) is 0 Å². The van der Waals surface area contributed by atoms with Crippen molar-refractivity contribution in [1.29, 1.82) is 0 Å². The second-order valence-electron chi connectivity index (χ2n) is 6.64. The van der Waals surface area contributed by atoms with E-state index in [2.05, 4.69) is 0 Å². The molecule has 0 bridgehead atoms. The highest BCUT2D eigenvalue weighted by molar-refractivity contribution is 5.79. The van der Waals surface area contributed by atoms with Gasteiger partial charge in [-0.05, 0) is 24.1 Å². The topological polar surface area (TPSA) is 66.8 Å². The molecule has 1 N–H and O–H groups in total. The van der Waals surface area contributed by atoms with Crippen molar-refractivity contribution in [3.05, 3.63) is 66.0 Å². The van der Waals surface area contributed by atoms with Gasteiger partial charge in [0.1, 0.15) is 0 Å². The molecule has 0 radical (unpaired) electrons. The Hall–Kier alpha value is -2.89. The molecule has 142 valence electrons. The van der Waals surface area contributed by atoms with Crippen LogP contribution in [0.5, 0.6) is 5.75 Å². The second kappa shape index (κ2) is 8.66. The van der Waals surface area contributed by atoms with E-state index in [-0.39, 0.29) is 37.1 Å². The lowest BCUT2D eigenvalue weighted by atomic mass is 9.89. The van der Waals surface area contributed by atoms with Crippen LogP contribution in [0.15, 0.2) is 54.6 Å². The average Bonchev–Trinajstić information content (AvgIpc) is 3.13. The fourth-order valence-electron chi connectivity index (χ4n) is 3.42. The first-order chi connectivity index (χ1) is 13.1. The summed E-state index contributed by atoms with van der Waals surface area (Å²) in [5, 5.41) is 9.52.